The maximum atomic E-state index is 3.62. The zero-order valence-corrected chi connectivity index (χ0v) is 11.5. The lowest BCUT2D eigenvalue weighted by atomic mass is 9.76. The van der Waals surface area contributed by atoms with Gasteiger partial charge in [-0.2, -0.15) is 11.8 Å². The van der Waals surface area contributed by atoms with E-state index in [1.54, 1.807) is 0 Å². The Balaban J connectivity index is 1.89. The summed E-state index contributed by atoms with van der Waals surface area (Å²) in [5.74, 6) is 2.69. The Morgan fingerprint density at radius 3 is 2.75 bits per heavy atom. The molecule has 0 aromatic heterocycles. The molecule has 2 fully saturated rings. The van der Waals surface area contributed by atoms with E-state index in [2.05, 4.69) is 28.9 Å². The predicted molar refractivity (Wildman–Crippen MR) is 73.2 cm³/mol. The molecule has 0 amide bonds. The Morgan fingerprint density at radius 1 is 1.31 bits per heavy atom. The van der Waals surface area contributed by atoms with E-state index >= 15 is 0 Å². The van der Waals surface area contributed by atoms with Crippen LogP contribution in [0.1, 0.15) is 32.6 Å². The van der Waals surface area contributed by atoms with Gasteiger partial charge in [-0.05, 0) is 31.2 Å². The Bertz CT molecular complexity index is 191. The molecule has 0 bridgehead atoms. The number of nitrogens with zero attached hydrogens (tertiary/aromatic N) is 1. The first kappa shape index (κ1) is 12.7. The quantitative estimate of drug-likeness (QED) is 0.814. The minimum Gasteiger partial charge on any atom is -0.316 e. The van der Waals surface area contributed by atoms with E-state index in [0.717, 1.165) is 0 Å². The fourth-order valence-electron chi connectivity index (χ4n) is 3.22. The smallest absolute Gasteiger partial charge is 0.00729 e. The highest BCUT2D eigenvalue weighted by atomic mass is 32.2. The fourth-order valence-corrected chi connectivity index (χ4v) is 4.20. The summed E-state index contributed by atoms with van der Waals surface area (Å²) in [6, 6.07) is 0. The van der Waals surface area contributed by atoms with Crippen LogP contribution in [-0.2, 0) is 0 Å². The average molecular weight is 242 g/mol. The van der Waals surface area contributed by atoms with Gasteiger partial charge in [0.15, 0.2) is 0 Å². The first-order valence-corrected chi connectivity index (χ1v) is 8.01. The molecule has 1 atom stereocenters. The van der Waals surface area contributed by atoms with Gasteiger partial charge >= 0.3 is 0 Å². The van der Waals surface area contributed by atoms with E-state index in [4.69, 9.17) is 0 Å². The van der Waals surface area contributed by atoms with Crippen LogP contribution in [0, 0.1) is 5.41 Å². The molecule has 2 rings (SSSR count). The van der Waals surface area contributed by atoms with Gasteiger partial charge in [-0.25, -0.2) is 0 Å². The number of hydrogen-bond donors (Lipinski definition) is 1. The van der Waals surface area contributed by atoms with Crippen molar-refractivity contribution in [2.24, 2.45) is 5.41 Å². The SMILES string of the molecule is CCCC1(CN2CCSCC2)CCCNC1. The van der Waals surface area contributed by atoms with Gasteiger partial charge in [0.1, 0.15) is 0 Å². The van der Waals surface area contributed by atoms with Gasteiger partial charge in [0.25, 0.3) is 0 Å². The van der Waals surface area contributed by atoms with Crippen molar-refractivity contribution in [2.45, 2.75) is 32.6 Å². The van der Waals surface area contributed by atoms with Crippen LogP contribution in [0.25, 0.3) is 0 Å². The molecule has 3 heteroatoms. The van der Waals surface area contributed by atoms with Crippen molar-refractivity contribution in [3.8, 4) is 0 Å². The van der Waals surface area contributed by atoms with Crippen molar-refractivity contribution in [2.75, 3.05) is 44.2 Å². The Morgan fingerprint density at radius 2 is 2.12 bits per heavy atom. The van der Waals surface area contributed by atoms with Crippen LogP contribution < -0.4 is 5.32 Å². The monoisotopic (exact) mass is 242 g/mol. The van der Waals surface area contributed by atoms with Crippen molar-refractivity contribution in [3.63, 3.8) is 0 Å². The summed E-state index contributed by atoms with van der Waals surface area (Å²) < 4.78 is 0. The molecule has 0 aliphatic carbocycles. The lowest BCUT2D eigenvalue weighted by Crippen LogP contribution is -2.49. The molecular weight excluding hydrogens is 216 g/mol. The first-order valence-electron chi connectivity index (χ1n) is 6.85. The molecule has 0 aromatic carbocycles. The highest BCUT2D eigenvalue weighted by Gasteiger charge is 2.33. The third-order valence-electron chi connectivity index (χ3n) is 4.00. The van der Waals surface area contributed by atoms with Crippen molar-refractivity contribution < 1.29 is 0 Å². The van der Waals surface area contributed by atoms with Crippen LogP contribution in [0.2, 0.25) is 0 Å². The van der Waals surface area contributed by atoms with E-state index in [1.165, 1.54) is 69.9 Å². The van der Waals surface area contributed by atoms with E-state index in [9.17, 15) is 0 Å². The Kier molecular flexibility index (Phi) is 4.98. The molecule has 2 heterocycles. The second-order valence-corrected chi connectivity index (χ2v) is 6.64. The third kappa shape index (κ3) is 3.38. The minimum atomic E-state index is 0.592. The molecule has 2 aliphatic heterocycles. The second-order valence-electron chi connectivity index (χ2n) is 5.42. The molecular formula is C13H26N2S. The molecule has 0 saturated carbocycles. The van der Waals surface area contributed by atoms with Gasteiger partial charge in [-0.3, -0.25) is 0 Å². The molecule has 94 valence electrons. The van der Waals surface area contributed by atoms with Crippen molar-refractivity contribution in [3.05, 3.63) is 0 Å². The number of rotatable bonds is 4. The van der Waals surface area contributed by atoms with Gasteiger partial charge in [0, 0.05) is 37.7 Å². The largest absolute Gasteiger partial charge is 0.316 e. The van der Waals surface area contributed by atoms with Gasteiger partial charge < -0.3 is 10.2 Å². The molecule has 0 aromatic rings. The van der Waals surface area contributed by atoms with Crippen molar-refractivity contribution in [1.82, 2.24) is 10.2 Å². The molecule has 0 radical (unpaired) electrons. The minimum absolute atomic E-state index is 0.592. The van der Waals surface area contributed by atoms with Crippen LogP contribution in [0.3, 0.4) is 0 Å². The standard InChI is InChI=1S/C13H26N2S/c1-2-4-13(5-3-6-14-11-13)12-15-7-9-16-10-8-15/h14H,2-12H2,1H3. The van der Waals surface area contributed by atoms with E-state index < -0.39 is 0 Å². The number of thioether (sulfide) groups is 1. The van der Waals surface area contributed by atoms with Crippen molar-refractivity contribution >= 4 is 11.8 Å². The maximum Gasteiger partial charge on any atom is 0.00729 e. The lowest BCUT2D eigenvalue weighted by Gasteiger charge is -2.42. The number of nitrogens with one attached hydrogen (secondary N) is 1. The predicted octanol–water partition coefficient (Wildman–Crippen LogP) is 2.21. The molecule has 2 nitrogen and oxygen atoms in total. The highest BCUT2D eigenvalue weighted by Crippen LogP contribution is 2.33. The number of piperidine rings is 1. The van der Waals surface area contributed by atoms with Gasteiger partial charge in [0.2, 0.25) is 0 Å². The highest BCUT2D eigenvalue weighted by molar-refractivity contribution is 7.99. The van der Waals surface area contributed by atoms with Crippen LogP contribution in [0.15, 0.2) is 0 Å². The van der Waals surface area contributed by atoms with E-state index in [-0.39, 0.29) is 0 Å². The Labute approximate surface area is 105 Å². The number of hydrogen-bond acceptors (Lipinski definition) is 3. The summed E-state index contributed by atoms with van der Waals surface area (Å²) in [6.45, 7) is 8.80. The molecule has 2 saturated heterocycles. The van der Waals surface area contributed by atoms with E-state index in [1.807, 2.05) is 0 Å². The second kappa shape index (κ2) is 6.27. The summed E-state index contributed by atoms with van der Waals surface area (Å²) in [5, 5.41) is 3.62. The summed E-state index contributed by atoms with van der Waals surface area (Å²) in [5.41, 5.74) is 0.592. The van der Waals surface area contributed by atoms with Crippen LogP contribution in [0.4, 0.5) is 0 Å². The average Bonchev–Trinajstić information content (AvgIpc) is 2.31. The maximum absolute atomic E-state index is 3.62. The lowest BCUT2D eigenvalue weighted by molar-refractivity contribution is 0.112. The third-order valence-corrected chi connectivity index (χ3v) is 4.95. The summed E-state index contributed by atoms with van der Waals surface area (Å²) in [6.07, 6.45) is 5.56. The zero-order chi connectivity index (χ0) is 11.3. The van der Waals surface area contributed by atoms with Crippen LogP contribution in [-0.4, -0.2) is 49.1 Å². The molecule has 2 aliphatic rings. The van der Waals surface area contributed by atoms with Gasteiger partial charge in [-0.15, -0.1) is 0 Å². The van der Waals surface area contributed by atoms with Crippen molar-refractivity contribution in [1.29, 1.82) is 0 Å². The topological polar surface area (TPSA) is 15.3 Å². The fraction of sp³-hybridized carbons (Fsp3) is 1.00. The summed E-state index contributed by atoms with van der Waals surface area (Å²) >= 11 is 2.12. The summed E-state index contributed by atoms with van der Waals surface area (Å²) in [7, 11) is 0. The Hall–Kier alpha value is 0.270. The van der Waals surface area contributed by atoms with Gasteiger partial charge in [0.05, 0.1) is 0 Å². The first-order chi connectivity index (χ1) is 7.85. The molecule has 0 spiro atoms. The molecule has 16 heavy (non-hydrogen) atoms. The molecule has 1 N–H and O–H groups in total. The normalized spacial score (nSPS) is 32.8. The van der Waals surface area contributed by atoms with Crippen LogP contribution >= 0.6 is 11.8 Å². The van der Waals surface area contributed by atoms with Crippen LogP contribution in [0.5, 0.6) is 0 Å². The van der Waals surface area contributed by atoms with Gasteiger partial charge in [-0.1, -0.05) is 13.3 Å². The summed E-state index contributed by atoms with van der Waals surface area (Å²) in [4.78, 5) is 2.71. The van der Waals surface area contributed by atoms with E-state index in [0.29, 0.717) is 5.41 Å². The molecule has 1 unspecified atom stereocenters. The zero-order valence-electron chi connectivity index (χ0n) is 10.6.